The number of aryl methyl sites for hydroxylation is 1. The SMILES string of the molecule is COc1ccc(C(O)=C2C(=O)C(=O)N(CCCn3ccnc3)[C@@H]2c2ccc(C(C)(C)C)cc2)cc1. The topological polar surface area (TPSA) is 84.7 Å². The summed E-state index contributed by atoms with van der Waals surface area (Å²) >= 11 is 0. The van der Waals surface area contributed by atoms with Gasteiger partial charge < -0.3 is 19.3 Å². The van der Waals surface area contributed by atoms with E-state index in [0.717, 1.165) is 11.1 Å². The van der Waals surface area contributed by atoms with Crippen molar-refractivity contribution in [1.29, 1.82) is 0 Å². The van der Waals surface area contributed by atoms with Crippen LogP contribution in [0.3, 0.4) is 0 Å². The molecule has 0 radical (unpaired) electrons. The van der Waals surface area contributed by atoms with Crippen molar-refractivity contribution in [3.63, 3.8) is 0 Å². The van der Waals surface area contributed by atoms with E-state index in [9.17, 15) is 14.7 Å². The molecule has 0 aliphatic carbocycles. The Hall–Kier alpha value is -3.87. The zero-order valence-electron chi connectivity index (χ0n) is 20.6. The number of imidazole rings is 1. The first kappa shape index (κ1) is 24.3. The van der Waals surface area contributed by atoms with Gasteiger partial charge in [-0.05, 0) is 47.2 Å². The molecule has 1 saturated heterocycles. The molecule has 1 fully saturated rings. The lowest BCUT2D eigenvalue weighted by Crippen LogP contribution is -2.31. The normalized spacial score (nSPS) is 17.7. The van der Waals surface area contributed by atoms with E-state index in [2.05, 4.69) is 25.8 Å². The first-order chi connectivity index (χ1) is 16.7. The fourth-order valence-electron chi connectivity index (χ4n) is 4.37. The third kappa shape index (κ3) is 4.99. The van der Waals surface area contributed by atoms with E-state index >= 15 is 0 Å². The van der Waals surface area contributed by atoms with Gasteiger partial charge in [0, 0.05) is 31.0 Å². The van der Waals surface area contributed by atoms with Crippen molar-refractivity contribution >= 4 is 17.4 Å². The van der Waals surface area contributed by atoms with E-state index in [0.29, 0.717) is 30.8 Å². The highest BCUT2D eigenvalue weighted by atomic mass is 16.5. The van der Waals surface area contributed by atoms with E-state index in [-0.39, 0.29) is 16.7 Å². The van der Waals surface area contributed by atoms with Gasteiger partial charge in [-0.25, -0.2) is 4.98 Å². The Morgan fingerprint density at radius 3 is 2.29 bits per heavy atom. The van der Waals surface area contributed by atoms with Crippen LogP contribution in [0.5, 0.6) is 5.75 Å². The summed E-state index contributed by atoms with van der Waals surface area (Å²) < 4.78 is 7.13. The van der Waals surface area contributed by atoms with Crippen molar-refractivity contribution < 1.29 is 19.4 Å². The number of aromatic nitrogens is 2. The van der Waals surface area contributed by atoms with Crippen LogP contribution in [0, 0.1) is 0 Å². The molecule has 2 heterocycles. The number of ether oxygens (including phenoxy) is 1. The number of carbonyl (C=O) groups is 2. The van der Waals surface area contributed by atoms with E-state index in [4.69, 9.17) is 4.74 Å². The number of hydrogen-bond donors (Lipinski definition) is 1. The van der Waals surface area contributed by atoms with Gasteiger partial charge in [0.2, 0.25) is 0 Å². The second-order valence-electron chi connectivity index (χ2n) is 9.75. The molecule has 1 aliphatic rings. The van der Waals surface area contributed by atoms with Crippen LogP contribution in [0.1, 0.15) is 49.9 Å². The van der Waals surface area contributed by atoms with E-state index in [1.807, 2.05) is 35.0 Å². The van der Waals surface area contributed by atoms with Gasteiger partial charge >= 0.3 is 0 Å². The Labute approximate surface area is 205 Å². The molecule has 1 aromatic heterocycles. The van der Waals surface area contributed by atoms with Crippen molar-refractivity contribution in [1.82, 2.24) is 14.5 Å². The Kier molecular flexibility index (Phi) is 6.78. The van der Waals surface area contributed by atoms with Crippen molar-refractivity contribution in [3.05, 3.63) is 89.5 Å². The van der Waals surface area contributed by atoms with E-state index in [1.165, 1.54) is 0 Å². The summed E-state index contributed by atoms with van der Waals surface area (Å²) in [6, 6.07) is 14.0. The average Bonchev–Trinajstić information content (AvgIpc) is 3.45. The number of ketones is 1. The molecule has 0 unspecified atom stereocenters. The molecule has 2 aromatic carbocycles. The maximum absolute atomic E-state index is 13.2. The van der Waals surface area contributed by atoms with Crippen LogP contribution in [0.4, 0.5) is 0 Å². The molecule has 7 nitrogen and oxygen atoms in total. The third-order valence-corrected chi connectivity index (χ3v) is 6.37. The fraction of sp³-hybridized carbons (Fsp3) is 0.321. The van der Waals surface area contributed by atoms with Crippen LogP contribution in [0.15, 0.2) is 72.8 Å². The molecule has 1 atom stereocenters. The molecule has 1 amide bonds. The number of hydrogen-bond acceptors (Lipinski definition) is 5. The minimum atomic E-state index is -0.675. The maximum atomic E-state index is 13.2. The minimum Gasteiger partial charge on any atom is -0.507 e. The summed E-state index contributed by atoms with van der Waals surface area (Å²) in [7, 11) is 1.56. The Balaban J connectivity index is 1.73. The van der Waals surface area contributed by atoms with Crippen molar-refractivity contribution in [2.24, 2.45) is 0 Å². The smallest absolute Gasteiger partial charge is 0.295 e. The first-order valence-electron chi connectivity index (χ1n) is 11.7. The number of rotatable bonds is 7. The van der Waals surface area contributed by atoms with Gasteiger partial charge in [-0.3, -0.25) is 9.59 Å². The molecule has 3 aromatic rings. The number of aliphatic hydroxyl groups excluding tert-OH is 1. The molecule has 182 valence electrons. The number of benzene rings is 2. The molecule has 1 aliphatic heterocycles. The van der Waals surface area contributed by atoms with Gasteiger partial charge in [0.1, 0.15) is 11.5 Å². The molecule has 7 heteroatoms. The number of amides is 1. The molecule has 0 saturated carbocycles. The molecule has 4 rings (SSSR count). The summed E-state index contributed by atoms with van der Waals surface area (Å²) in [4.78, 5) is 32.0. The Morgan fingerprint density at radius 2 is 1.71 bits per heavy atom. The molecule has 0 bridgehead atoms. The molecular weight excluding hydrogens is 442 g/mol. The number of carbonyl (C=O) groups excluding carboxylic acids is 2. The van der Waals surface area contributed by atoms with Gasteiger partial charge in [-0.1, -0.05) is 45.0 Å². The third-order valence-electron chi connectivity index (χ3n) is 6.37. The van der Waals surface area contributed by atoms with Gasteiger partial charge in [0.25, 0.3) is 11.7 Å². The standard InChI is InChI=1S/C28H31N3O4/c1-28(2,3)21-10-6-19(7-11-21)24-23(25(32)20-8-12-22(35-4)13-9-20)26(33)27(34)31(24)16-5-15-30-17-14-29-18-30/h6-14,17-18,24,32H,5,15-16H2,1-4H3/t24-/m1/s1. The summed E-state index contributed by atoms with van der Waals surface area (Å²) in [6.45, 7) is 7.43. The Bertz CT molecular complexity index is 1220. The average molecular weight is 474 g/mol. The lowest BCUT2D eigenvalue weighted by Gasteiger charge is -2.26. The van der Waals surface area contributed by atoms with Crippen LogP contribution in [0.25, 0.3) is 5.76 Å². The number of aliphatic hydroxyl groups is 1. The second kappa shape index (κ2) is 9.78. The lowest BCUT2D eigenvalue weighted by atomic mass is 9.85. The Morgan fingerprint density at radius 1 is 1.03 bits per heavy atom. The lowest BCUT2D eigenvalue weighted by molar-refractivity contribution is -0.139. The zero-order valence-corrected chi connectivity index (χ0v) is 20.6. The number of nitrogens with zero attached hydrogens (tertiary/aromatic N) is 3. The monoisotopic (exact) mass is 473 g/mol. The zero-order chi connectivity index (χ0) is 25.2. The maximum Gasteiger partial charge on any atom is 0.295 e. The predicted molar refractivity (Wildman–Crippen MR) is 134 cm³/mol. The van der Waals surface area contributed by atoms with Crippen LogP contribution in [0.2, 0.25) is 0 Å². The van der Waals surface area contributed by atoms with Crippen LogP contribution >= 0.6 is 0 Å². The molecule has 1 N–H and O–H groups in total. The fourth-order valence-corrected chi connectivity index (χ4v) is 4.37. The largest absolute Gasteiger partial charge is 0.507 e. The quantitative estimate of drug-likeness (QED) is 0.305. The second-order valence-corrected chi connectivity index (χ2v) is 9.75. The predicted octanol–water partition coefficient (Wildman–Crippen LogP) is 4.70. The summed E-state index contributed by atoms with van der Waals surface area (Å²) in [6.07, 6.45) is 5.93. The number of methoxy groups -OCH3 is 1. The van der Waals surface area contributed by atoms with Crippen molar-refractivity contribution in [2.45, 2.75) is 45.2 Å². The highest BCUT2D eigenvalue weighted by Crippen LogP contribution is 2.40. The van der Waals surface area contributed by atoms with Crippen LogP contribution in [-0.4, -0.2) is 44.9 Å². The summed E-state index contributed by atoms with van der Waals surface area (Å²) in [5, 5.41) is 11.2. The highest BCUT2D eigenvalue weighted by Gasteiger charge is 2.45. The van der Waals surface area contributed by atoms with Gasteiger partial charge in [0.05, 0.1) is 25.1 Å². The number of likely N-dealkylation sites (tertiary alicyclic amines) is 1. The van der Waals surface area contributed by atoms with Crippen molar-refractivity contribution in [2.75, 3.05) is 13.7 Å². The number of Topliss-reactive ketones (excluding diaryl/α,β-unsaturated/α-hetero) is 1. The van der Waals surface area contributed by atoms with Gasteiger partial charge in [0.15, 0.2) is 0 Å². The van der Waals surface area contributed by atoms with E-state index < -0.39 is 17.7 Å². The van der Waals surface area contributed by atoms with Gasteiger partial charge in [-0.2, -0.15) is 0 Å². The van der Waals surface area contributed by atoms with E-state index in [1.54, 1.807) is 48.8 Å². The highest BCUT2D eigenvalue weighted by molar-refractivity contribution is 6.46. The van der Waals surface area contributed by atoms with Crippen LogP contribution in [-0.2, 0) is 21.5 Å². The minimum absolute atomic E-state index is 0.0335. The summed E-state index contributed by atoms with van der Waals surface area (Å²) in [5.74, 6) is -0.828. The summed E-state index contributed by atoms with van der Waals surface area (Å²) in [5.41, 5.74) is 2.46. The molecular formula is C28H31N3O4. The van der Waals surface area contributed by atoms with Gasteiger partial charge in [-0.15, -0.1) is 0 Å². The first-order valence-corrected chi connectivity index (χ1v) is 11.7. The van der Waals surface area contributed by atoms with Crippen molar-refractivity contribution in [3.8, 4) is 5.75 Å². The molecule has 35 heavy (non-hydrogen) atoms. The molecule has 0 spiro atoms. The van der Waals surface area contributed by atoms with Crippen LogP contribution < -0.4 is 4.74 Å².